The number of nitrogens with one attached hydrogen (secondary N) is 1. The Morgan fingerprint density at radius 2 is 1.81 bits per heavy atom. The molecule has 1 amide bonds. The Labute approximate surface area is 153 Å². The van der Waals surface area contributed by atoms with E-state index in [2.05, 4.69) is 5.32 Å². The van der Waals surface area contributed by atoms with Gasteiger partial charge in [0.1, 0.15) is 18.4 Å². The van der Waals surface area contributed by atoms with Crippen molar-refractivity contribution in [1.29, 1.82) is 0 Å². The maximum Gasteiger partial charge on any atom is 0.329 e. The molecule has 0 bridgehead atoms. The highest BCUT2D eigenvalue weighted by Crippen LogP contribution is 2.28. The number of ether oxygens (including phenoxy) is 2. The van der Waals surface area contributed by atoms with Crippen LogP contribution in [0.1, 0.15) is 38.2 Å². The van der Waals surface area contributed by atoms with Crippen molar-refractivity contribution in [2.75, 3.05) is 7.11 Å². The van der Waals surface area contributed by atoms with Crippen molar-refractivity contribution in [2.24, 2.45) is 5.92 Å². The van der Waals surface area contributed by atoms with Crippen LogP contribution in [0.25, 0.3) is 10.8 Å². The monoisotopic (exact) mass is 355 g/mol. The van der Waals surface area contributed by atoms with Crippen LogP contribution >= 0.6 is 0 Å². The molecule has 1 saturated carbocycles. The Hall–Kier alpha value is -2.56. The molecule has 1 N–H and O–H groups in total. The normalized spacial score (nSPS) is 15.6. The average Bonchev–Trinajstić information content (AvgIpc) is 3.17. The fourth-order valence-electron chi connectivity index (χ4n) is 3.61. The van der Waals surface area contributed by atoms with Gasteiger partial charge < -0.3 is 14.8 Å². The third-order valence-corrected chi connectivity index (χ3v) is 4.98. The van der Waals surface area contributed by atoms with Crippen LogP contribution in [0.5, 0.6) is 5.75 Å². The summed E-state index contributed by atoms with van der Waals surface area (Å²) in [6.45, 7) is 1.64. The van der Waals surface area contributed by atoms with Crippen molar-refractivity contribution in [2.45, 2.75) is 45.3 Å². The summed E-state index contributed by atoms with van der Waals surface area (Å²) >= 11 is 0. The SMILES string of the molecule is COc1ccc2cc(COC(=O)C(NC(C)=O)C3CCCC3)ccc2c1. The zero-order valence-corrected chi connectivity index (χ0v) is 15.3. The van der Waals surface area contributed by atoms with Gasteiger partial charge in [-0.2, -0.15) is 0 Å². The average molecular weight is 355 g/mol. The third kappa shape index (κ3) is 4.34. The summed E-state index contributed by atoms with van der Waals surface area (Å²) in [6, 6.07) is 11.3. The van der Waals surface area contributed by atoms with E-state index in [0.717, 1.165) is 47.8 Å². The van der Waals surface area contributed by atoms with Crippen LogP contribution < -0.4 is 10.1 Å². The standard InChI is InChI=1S/C21H25NO4/c1-14(23)22-20(16-5-3-4-6-16)21(24)26-13-15-7-8-18-12-19(25-2)10-9-17(18)11-15/h7-12,16,20H,3-6,13H2,1-2H3,(H,22,23). The van der Waals surface area contributed by atoms with E-state index in [4.69, 9.17) is 9.47 Å². The number of amides is 1. The van der Waals surface area contributed by atoms with Gasteiger partial charge in [-0.15, -0.1) is 0 Å². The predicted octanol–water partition coefficient (Wildman–Crippen LogP) is 3.59. The molecule has 138 valence electrons. The molecule has 0 aromatic heterocycles. The fourth-order valence-corrected chi connectivity index (χ4v) is 3.61. The van der Waals surface area contributed by atoms with Crippen LogP contribution in [0, 0.1) is 5.92 Å². The van der Waals surface area contributed by atoms with Gasteiger partial charge >= 0.3 is 5.97 Å². The summed E-state index contributed by atoms with van der Waals surface area (Å²) in [5.74, 6) is 0.447. The van der Waals surface area contributed by atoms with Crippen molar-refractivity contribution < 1.29 is 19.1 Å². The van der Waals surface area contributed by atoms with Gasteiger partial charge in [-0.3, -0.25) is 4.79 Å². The van der Waals surface area contributed by atoms with Crippen LogP contribution in [0.2, 0.25) is 0 Å². The maximum atomic E-state index is 12.5. The Morgan fingerprint density at radius 1 is 1.12 bits per heavy atom. The number of rotatable bonds is 6. The Kier molecular flexibility index (Phi) is 5.76. The quantitative estimate of drug-likeness (QED) is 0.805. The van der Waals surface area contributed by atoms with Crippen LogP contribution in [0.15, 0.2) is 36.4 Å². The first-order valence-corrected chi connectivity index (χ1v) is 9.07. The second-order valence-corrected chi connectivity index (χ2v) is 6.88. The lowest BCUT2D eigenvalue weighted by Gasteiger charge is -2.22. The number of hydrogen-bond acceptors (Lipinski definition) is 4. The minimum Gasteiger partial charge on any atom is -0.497 e. The minimum atomic E-state index is -0.542. The summed E-state index contributed by atoms with van der Waals surface area (Å²) in [7, 11) is 1.64. The van der Waals surface area contributed by atoms with Crippen molar-refractivity contribution in [1.82, 2.24) is 5.32 Å². The highest BCUT2D eigenvalue weighted by atomic mass is 16.5. The molecule has 0 spiro atoms. The highest BCUT2D eigenvalue weighted by Gasteiger charge is 2.32. The van der Waals surface area contributed by atoms with Crippen molar-refractivity contribution in [3.05, 3.63) is 42.0 Å². The molecule has 0 heterocycles. The smallest absolute Gasteiger partial charge is 0.329 e. The second kappa shape index (κ2) is 8.21. The summed E-state index contributed by atoms with van der Waals surface area (Å²) in [6.07, 6.45) is 4.11. The van der Waals surface area contributed by atoms with Gasteiger partial charge in [-0.25, -0.2) is 4.79 Å². The molecular weight excluding hydrogens is 330 g/mol. The maximum absolute atomic E-state index is 12.5. The Morgan fingerprint density at radius 3 is 2.50 bits per heavy atom. The van der Waals surface area contributed by atoms with E-state index >= 15 is 0 Å². The summed E-state index contributed by atoms with van der Waals surface area (Å²) in [5.41, 5.74) is 0.920. The highest BCUT2D eigenvalue weighted by molar-refractivity contribution is 5.85. The summed E-state index contributed by atoms with van der Waals surface area (Å²) in [5, 5.41) is 4.91. The lowest BCUT2D eigenvalue weighted by molar-refractivity contribution is -0.150. The molecule has 5 heteroatoms. The number of carbonyl (C=O) groups is 2. The van der Waals surface area contributed by atoms with Crippen molar-refractivity contribution in [3.8, 4) is 5.75 Å². The zero-order valence-electron chi connectivity index (χ0n) is 15.3. The molecule has 2 aromatic carbocycles. The molecule has 2 aromatic rings. The molecule has 3 rings (SSSR count). The summed E-state index contributed by atoms with van der Waals surface area (Å²) < 4.78 is 10.8. The molecule has 0 radical (unpaired) electrons. The first kappa shape index (κ1) is 18.2. The predicted molar refractivity (Wildman–Crippen MR) is 99.9 cm³/mol. The van der Waals surface area contributed by atoms with Gasteiger partial charge in [0.05, 0.1) is 7.11 Å². The van der Waals surface area contributed by atoms with Gasteiger partial charge in [-0.05, 0) is 53.3 Å². The van der Waals surface area contributed by atoms with Crippen molar-refractivity contribution in [3.63, 3.8) is 0 Å². The minimum absolute atomic E-state index is 0.176. The van der Waals surface area contributed by atoms with E-state index in [-0.39, 0.29) is 24.4 Å². The Bertz CT molecular complexity index is 796. The van der Waals surface area contributed by atoms with Gasteiger partial charge in [0.2, 0.25) is 5.91 Å². The van der Waals surface area contributed by atoms with Gasteiger partial charge in [0.15, 0.2) is 0 Å². The van der Waals surface area contributed by atoms with Crippen LogP contribution in [-0.4, -0.2) is 25.0 Å². The molecule has 5 nitrogen and oxygen atoms in total. The lowest BCUT2D eigenvalue weighted by atomic mass is 9.98. The second-order valence-electron chi connectivity index (χ2n) is 6.88. The molecule has 0 saturated heterocycles. The molecular formula is C21H25NO4. The van der Waals surface area contributed by atoms with E-state index in [0.29, 0.717) is 0 Å². The number of carbonyl (C=O) groups excluding carboxylic acids is 2. The van der Waals surface area contributed by atoms with Crippen molar-refractivity contribution >= 4 is 22.6 Å². The fraction of sp³-hybridized carbons (Fsp3) is 0.429. The molecule has 1 atom stereocenters. The number of benzene rings is 2. The number of esters is 1. The van der Waals surface area contributed by atoms with Gasteiger partial charge in [0, 0.05) is 6.92 Å². The number of fused-ring (bicyclic) bond motifs is 1. The van der Waals surface area contributed by atoms with Gasteiger partial charge in [0.25, 0.3) is 0 Å². The molecule has 1 fully saturated rings. The molecule has 1 aliphatic rings. The topological polar surface area (TPSA) is 64.6 Å². The van der Waals surface area contributed by atoms with E-state index in [1.165, 1.54) is 6.92 Å². The van der Waals surface area contributed by atoms with E-state index in [1.54, 1.807) is 7.11 Å². The molecule has 0 aliphatic heterocycles. The third-order valence-electron chi connectivity index (χ3n) is 4.98. The number of methoxy groups -OCH3 is 1. The lowest BCUT2D eigenvalue weighted by Crippen LogP contribution is -2.45. The van der Waals surface area contributed by atoms with E-state index in [1.807, 2.05) is 36.4 Å². The van der Waals surface area contributed by atoms with Gasteiger partial charge in [-0.1, -0.05) is 31.0 Å². The van der Waals surface area contributed by atoms with Crippen LogP contribution in [0.4, 0.5) is 0 Å². The van der Waals surface area contributed by atoms with E-state index < -0.39 is 6.04 Å². The number of hydrogen-bond donors (Lipinski definition) is 1. The molecule has 1 aliphatic carbocycles. The molecule has 26 heavy (non-hydrogen) atoms. The first-order chi connectivity index (χ1) is 12.6. The van der Waals surface area contributed by atoms with Crippen LogP contribution in [-0.2, 0) is 20.9 Å². The zero-order chi connectivity index (χ0) is 18.5. The largest absolute Gasteiger partial charge is 0.497 e. The van der Waals surface area contributed by atoms with E-state index in [9.17, 15) is 9.59 Å². The van der Waals surface area contributed by atoms with Crippen LogP contribution in [0.3, 0.4) is 0 Å². The Balaban J connectivity index is 1.67. The first-order valence-electron chi connectivity index (χ1n) is 9.07. The summed E-state index contributed by atoms with van der Waals surface area (Å²) in [4.78, 5) is 24.0. The molecule has 1 unspecified atom stereocenters.